The van der Waals surface area contributed by atoms with Crippen molar-refractivity contribution < 1.29 is 4.79 Å². The lowest BCUT2D eigenvalue weighted by Gasteiger charge is -2.21. The van der Waals surface area contributed by atoms with Crippen molar-refractivity contribution in [2.45, 2.75) is 19.8 Å². The minimum Gasteiger partial charge on any atom is -0.399 e. The fourth-order valence-electron chi connectivity index (χ4n) is 2.09. The van der Waals surface area contributed by atoms with Crippen molar-refractivity contribution in [1.29, 1.82) is 0 Å². The van der Waals surface area contributed by atoms with Gasteiger partial charge in [0.25, 0.3) is 5.56 Å². The molecule has 0 unspecified atom stereocenters. The maximum atomic E-state index is 12.1. The van der Waals surface area contributed by atoms with Gasteiger partial charge in [0.1, 0.15) is 0 Å². The smallest absolute Gasteiger partial charge is 0.260 e. The second-order valence-electron chi connectivity index (χ2n) is 4.91. The van der Waals surface area contributed by atoms with Gasteiger partial charge in [-0.2, -0.15) is 0 Å². The summed E-state index contributed by atoms with van der Waals surface area (Å²) < 4.78 is 0. The number of H-pyrrole nitrogens is 1. The average Bonchev–Trinajstić information content (AvgIpc) is 2.43. The quantitative estimate of drug-likeness (QED) is 0.673. The molecule has 21 heavy (non-hydrogen) atoms. The first-order chi connectivity index (χ1) is 10.0. The first-order valence-electron chi connectivity index (χ1n) is 6.84. The molecule has 0 bridgehead atoms. The van der Waals surface area contributed by atoms with E-state index >= 15 is 0 Å². The number of primary amides is 1. The van der Waals surface area contributed by atoms with Crippen molar-refractivity contribution >= 4 is 28.4 Å². The molecule has 0 saturated heterocycles. The molecule has 0 fully saturated rings. The largest absolute Gasteiger partial charge is 0.399 e. The molecule has 5 N–H and O–H groups in total. The van der Waals surface area contributed by atoms with Crippen LogP contribution < -0.4 is 21.9 Å². The Morgan fingerprint density at radius 3 is 2.86 bits per heavy atom. The lowest BCUT2D eigenvalue weighted by molar-refractivity contribution is -0.116. The third-order valence-corrected chi connectivity index (χ3v) is 3.14. The van der Waals surface area contributed by atoms with Gasteiger partial charge in [0.2, 0.25) is 11.9 Å². The monoisotopic (exact) mass is 289 g/mol. The van der Waals surface area contributed by atoms with Crippen molar-refractivity contribution in [1.82, 2.24) is 9.97 Å². The molecule has 0 radical (unpaired) electrons. The predicted octanol–water partition coefficient (Wildman–Crippen LogP) is 0.597. The first-order valence-corrected chi connectivity index (χ1v) is 6.84. The summed E-state index contributed by atoms with van der Waals surface area (Å²) >= 11 is 0. The van der Waals surface area contributed by atoms with Gasteiger partial charge in [0, 0.05) is 12.2 Å². The van der Waals surface area contributed by atoms with Crippen LogP contribution in [0.4, 0.5) is 11.6 Å². The lowest BCUT2D eigenvalue weighted by Crippen LogP contribution is -2.36. The molecule has 0 aliphatic heterocycles. The van der Waals surface area contributed by atoms with Crippen molar-refractivity contribution in [3.63, 3.8) is 0 Å². The Morgan fingerprint density at radius 1 is 1.43 bits per heavy atom. The second-order valence-corrected chi connectivity index (χ2v) is 4.91. The number of amides is 1. The summed E-state index contributed by atoms with van der Waals surface area (Å²) in [6.07, 6.45) is 1.83. The highest BCUT2D eigenvalue weighted by molar-refractivity contribution is 5.83. The number of nitrogens with one attached hydrogen (secondary N) is 1. The Labute approximate surface area is 122 Å². The van der Waals surface area contributed by atoms with Gasteiger partial charge < -0.3 is 16.4 Å². The maximum absolute atomic E-state index is 12.1. The Kier molecular flexibility index (Phi) is 4.42. The van der Waals surface area contributed by atoms with Gasteiger partial charge in [-0.3, -0.25) is 14.6 Å². The summed E-state index contributed by atoms with van der Waals surface area (Å²) in [5, 5.41) is 0.424. The van der Waals surface area contributed by atoms with E-state index in [1.807, 2.05) is 6.92 Å². The number of hydrogen-bond donors (Lipinski definition) is 3. The lowest BCUT2D eigenvalue weighted by atomic mass is 10.2. The van der Waals surface area contributed by atoms with E-state index in [1.165, 1.54) is 0 Å². The van der Waals surface area contributed by atoms with Crippen molar-refractivity contribution in [2.75, 3.05) is 23.7 Å². The minimum atomic E-state index is -0.467. The van der Waals surface area contributed by atoms with Crippen LogP contribution >= 0.6 is 0 Å². The number of aromatic nitrogens is 2. The van der Waals surface area contributed by atoms with Crippen LogP contribution in [0.3, 0.4) is 0 Å². The van der Waals surface area contributed by atoms with Crippen molar-refractivity contribution in [3.8, 4) is 0 Å². The topological polar surface area (TPSA) is 118 Å². The molecule has 7 heteroatoms. The Balaban J connectivity index is 2.45. The number of aromatic amines is 1. The molecule has 0 aliphatic rings. The zero-order chi connectivity index (χ0) is 15.4. The molecule has 0 spiro atoms. The second kappa shape index (κ2) is 6.25. The molecule has 1 aromatic heterocycles. The number of benzene rings is 1. The fraction of sp³-hybridized carbons (Fsp3) is 0.357. The average molecular weight is 289 g/mol. The SMILES string of the molecule is CCCCN(CC(N)=O)c1nc2ccc(N)cc2c(=O)[nH]1. The number of fused-ring (bicyclic) bond motifs is 1. The number of nitrogen functional groups attached to an aromatic ring is 1. The van der Waals surface area contributed by atoms with E-state index < -0.39 is 5.91 Å². The maximum Gasteiger partial charge on any atom is 0.260 e. The van der Waals surface area contributed by atoms with E-state index in [1.54, 1.807) is 23.1 Å². The van der Waals surface area contributed by atoms with Crippen LogP contribution in [0.15, 0.2) is 23.0 Å². The van der Waals surface area contributed by atoms with Gasteiger partial charge in [-0.05, 0) is 24.6 Å². The molecule has 2 aromatic rings. The van der Waals surface area contributed by atoms with Gasteiger partial charge in [0.15, 0.2) is 0 Å². The highest BCUT2D eigenvalue weighted by atomic mass is 16.1. The fourth-order valence-corrected chi connectivity index (χ4v) is 2.09. The third-order valence-electron chi connectivity index (χ3n) is 3.14. The van der Waals surface area contributed by atoms with Crippen LogP contribution in [-0.4, -0.2) is 29.0 Å². The Bertz CT molecular complexity index is 710. The Hall–Kier alpha value is -2.57. The first kappa shape index (κ1) is 14.8. The molecule has 1 heterocycles. The van der Waals surface area contributed by atoms with Gasteiger partial charge in [0.05, 0.1) is 17.4 Å². The van der Waals surface area contributed by atoms with Crippen LogP contribution in [0.2, 0.25) is 0 Å². The highest BCUT2D eigenvalue weighted by Gasteiger charge is 2.13. The number of hydrogen-bond acceptors (Lipinski definition) is 5. The summed E-state index contributed by atoms with van der Waals surface area (Å²) in [5.41, 5.74) is 11.7. The van der Waals surface area contributed by atoms with E-state index in [2.05, 4.69) is 9.97 Å². The Morgan fingerprint density at radius 2 is 2.19 bits per heavy atom. The van der Waals surface area contributed by atoms with Crippen molar-refractivity contribution in [3.05, 3.63) is 28.6 Å². The van der Waals surface area contributed by atoms with Crippen LogP contribution in [0, 0.1) is 0 Å². The summed E-state index contributed by atoms with van der Waals surface area (Å²) in [7, 11) is 0. The molecule has 112 valence electrons. The van der Waals surface area contributed by atoms with Crippen LogP contribution in [0.1, 0.15) is 19.8 Å². The number of unbranched alkanes of at least 4 members (excludes halogenated alkanes) is 1. The zero-order valence-corrected chi connectivity index (χ0v) is 11.9. The molecular formula is C14H19N5O2. The van der Waals surface area contributed by atoms with E-state index in [0.29, 0.717) is 29.1 Å². The number of carbonyl (C=O) groups is 1. The van der Waals surface area contributed by atoms with Crippen LogP contribution in [0.5, 0.6) is 0 Å². The molecule has 7 nitrogen and oxygen atoms in total. The number of nitrogens with zero attached hydrogens (tertiary/aromatic N) is 2. The van der Waals surface area contributed by atoms with E-state index in [9.17, 15) is 9.59 Å². The summed E-state index contributed by atoms with van der Waals surface area (Å²) in [4.78, 5) is 32.1. The predicted molar refractivity (Wildman–Crippen MR) is 83.1 cm³/mol. The van der Waals surface area contributed by atoms with Gasteiger partial charge >= 0.3 is 0 Å². The molecule has 2 rings (SSSR count). The van der Waals surface area contributed by atoms with Gasteiger partial charge in [-0.15, -0.1) is 0 Å². The standard InChI is InChI=1S/C14H19N5O2/c1-2-3-6-19(8-12(16)20)14-17-11-5-4-9(15)7-10(11)13(21)18-14/h4-5,7H,2-3,6,8,15H2,1H3,(H2,16,20)(H,17,18,21). The minimum absolute atomic E-state index is 0.0173. The summed E-state index contributed by atoms with van der Waals surface area (Å²) in [6.45, 7) is 2.66. The number of rotatable bonds is 6. The van der Waals surface area contributed by atoms with E-state index in [0.717, 1.165) is 12.8 Å². The summed E-state index contributed by atoms with van der Waals surface area (Å²) in [6, 6.07) is 4.95. The van der Waals surface area contributed by atoms with Crippen molar-refractivity contribution in [2.24, 2.45) is 5.73 Å². The number of carbonyl (C=O) groups excluding carboxylic acids is 1. The van der Waals surface area contributed by atoms with Crippen LogP contribution in [0.25, 0.3) is 10.9 Å². The number of anilines is 2. The molecule has 1 aromatic carbocycles. The highest BCUT2D eigenvalue weighted by Crippen LogP contribution is 2.15. The number of nitrogens with two attached hydrogens (primary N) is 2. The molecule has 0 atom stereocenters. The molecular weight excluding hydrogens is 270 g/mol. The normalized spacial score (nSPS) is 10.7. The molecule has 0 saturated carbocycles. The van der Waals surface area contributed by atoms with Gasteiger partial charge in [-0.25, -0.2) is 4.98 Å². The molecule has 1 amide bonds. The summed E-state index contributed by atoms with van der Waals surface area (Å²) in [5.74, 6) is -0.115. The third kappa shape index (κ3) is 3.50. The molecule has 0 aliphatic carbocycles. The zero-order valence-electron chi connectivity index (χ0n) is 11.9. The van der Waals surface area contributed by atoms with Gasteiger partial charge in [-0.1, -0.05) is 13.3 Å². The van der Waals surface area contributed by atoms with E-state index in [4.69, 9.17) is 11.5 Å². The van der Waals surface area contributed by atoms with E-state index in [-0.39, 0.29) is 12.1 Å². The van der Waals surface area contributed by atoms with Crippen LogP contribution in [-0.2, 0) is 4.79 Å².